The van der Waals surface area contributed by atoms with Crippen LogP contribution in [0.2, 0.25) is 0 Å². The highest BCUT2D eigenvalue weighted by Gasteiger charge is 2.37. The summed E-state index contributed by atoms with van der Waals surface area (Å²) in [7, 11) is 0. The topological polar surface area (TPSA) is 75.5 Å². The third kappa shape index (κ3) is 5.02. The normalized spacial score (nSPS) is 16.2. The summed E-state index contributed by atoms with van der Waals surface area (Å²) >= 11 is 0. The number of alkyl halides is 6. The molecule has 12 heteroatoms. The number of nitro benzene ring substituents is 1. The predicted molar refractivity (Wildman–Crippen MR) is 118 cm³/mol. The number of hydrogen-bond donors (Lipinski definition) is 1. The van der Waals surface area contributed by atoms with E-state index >= 15 is 0 Å². The molecule has 0 spiro atoms. The second-order valence-electron chi connectivity index (χ2n) is 7.80. The van der Waals surface area contributed by atoms with Crippen LogP contribution in [-0.4, -0.2) is 10.8 Å². The highest BCUT2D eigenvalue weighted by atomic mass is 19.4. The number of halogens is 6. The Morgan fingerprint density at radius 1 is 0.833 bits per heavy atom. The summed E-state index contributed by atoms with van der Waals surface area (Å²) in [6.07, 6.45) is -7.98. The highest BCUT2D eigenvalue weighted by molar-refractivity contribution is 6.11. The third-order valence-electron chi connectivity index (χ3n) is 5.42. The maximum Gasteiger partial charge on any atom is 0.416 e. The number of nitrogens with zero attached hydrogens (tertiary/aromatic N) is 2. The van der Waals surface area contributed by atoms with Gasteiger partial charge in [-0.3, -0.25) is 19.8 Å². The van der Waals surface area contributed by atoms with Gasteiger partial charge in [0.1, 0.15) is 5.70 Å². The minimum Gasteiger partial charge on any atom is -0.351 e. The van der Waals surface area contributed by atoms with Crippen LogP contribution >= 0.6 is 0 Å². The fourth-order valence-corrected chi connectivity index (χ4v) is 3.73. The summed E-state index contributed by atoms with van der Waals surface area (Å²) in [6.45, 7) is 0. The summed E-state index contributed by atoms with van der Waals surface area (Å²) < 4.78 is 79.2. The zero-order chi connectivity index (χ0) is 26.3. The van der Waals surface area contributed by atoms with Gasteiger partial charge in [0.25, 0.3) is 11.6 Å². The molecular weight excluding hydrogens is 492 g/mol. The number of nitrogens with one attached hydrogen (secondary N) is 1. The van der Waals surface area contributed by atoms with Crippen LogP contribution in [0.1, 0.15) is 22.7 Å². The summed E-state index contributed by atoms with van der Waals surface area (Å²) in [6, 6.07) is 12.2. The number of nitro groups is 1. The Morgan fingerprint density at radius 2 is 1.42 bits per heavy atom. The van der Waals surface area contributed by atoms with Crippen molar-refractivity contribution in [1.82, 2.24) is 0 Å². The molecule has 1 amide bonds. The monoisotopic (exact) mass is 507 g/mol. The first-order chi connectivity index (χ1) is 16.8. The molecule has 4 rings (SSSR count). The quantitative estimate of drug-likeness (QED) is 0.237. The van der Waals surface area contributed by atoms with Crippen molar-refractivity contribution in [3.8, 4) is 0 Å². The van der Waals surface area contributed by atoms with Crippen molar-refractivity contribution in [2.24, 2.45) is 0 Å². The van der Waals surface area contributed by atoms with Crippen LogP contribution < -0.4 is 10.2 Å². The van der Waals surface area contributed by atoms with E-state index in [0.717, 1.165) is 41.3 Å². The molecule has 0 bridgehead atoms. The Balaban J connectivity index is 1.75. The van der Waals surface area contributed by atoms with Gasteiger partial charge in [-0.25, -0.2) is 0 Å². The lowest BCUT2D eigenvalue weighted by molar-refractivity contribution is -0.384. The van der Waals surface area contributed by atoms with E-state index in [0.29, 0.717) is 5.56 Å². The zero-order valence-electron chi connectivity index (χ0n) is 18.0. The molecule has 36 heavy (non-hydrogen) atoms. The van der Waals surface area contributed by atoms with E-state index < -0.39 is 40.4 Å². The first-order valence-corrected chi connectivity index (χ1v) is 10.3. The second kappa shape index (κ2) is 9.02. The Labute approximate surface area is 199 Å². The molecule has 0 fully saturated rings. The number of benzene rings is 3. The lowest BCUT2D eigenvalue weighted by Crippen LogP contribution is -2.31. The molecule has 1 atom stereocenters. The van der Waals surface area contributed by atoms with E-state index in [9.17, 15) is 41.3 Å². The van der Waals surface area contributed by atoms with E-state index in [2.05, 4.69) is 5.32 Å². The summed E-state index contributed by atoms with van der Waals surface area (Å²) in [5.74, 6) is -0.796. The molecule has 0 unspecified atom stereocenters. The van der Waals surface area contributed by atoms with E-state index in [4.69, 9.17) is 0 Å². The fraction of sp³-hybridized carbons (Fsp3) is 0.125. The molecule has 1 heterocycles. The number of amides is 1. The highest BCUT2D eigenvalue weighted by Crippen LogP contribution is 2.39. The minimum absolute atomic E-state index is 0.0576. The summed E-state index contributed by atoms with van der Waals surface area (Å²) in [5, 5.41) is 13.6. The molecule has 1 aliphatic rings. The van der Waals surface area contributed by atoms with Crippen molar-refractivity contribution in [2.75, 3.05) is 10.2 Å². The van der Waals surface area contributed by atoms with Gasteiger partial charge in [-0.1, -0.05) is 12.1 Å². The number of carbonyl (C=O) groups excluding carboxylic acids is 1. The van der Waals surface area contributed by atoms with Gasteiger partial charge >= 0.3 is 12.4 Å². The second-order valence-corrected chi connectivity index (χ2v) is 7.80. The van der Waals surface area contributed by atoms with Crippen LogP contribution in [0, 0.1) is 10.1 Å². The van der Waals surface area contributed by atoms with Gasteiger partial charge in [0.05, 0.1) is 22.1 Å². The number of hydrogen-bond acceptors (Lipinski definition) is 4. The minimum atomic E-state index is -4.69. The van der Waals surface area contributed by atoms with Gasteiger partial charge < -0.3 is 5.32 Å². The number of rotatable bonds is 5. The SMILES string of the molecule is O=C1C(Nc2cccc(C(F)(F)F)c2)=C[C@@H](c2ccc([N+](=O)[O-])cc2)N1c1cccc(C(F)(F)F)c1. The Morgan fingerprint density at radius 3 is 2.00 bits per heavy atom. The Bertz CT molecular complexity index is 1350. The maximum atomic E-state index is 13.3. The van der Waals surface area contributed by atoms with Crippen LogP contribution in [-0.2, 0) is 17.1 Å². The van der Waals surface area contributed by atoms with Crippen LogP contribution in [0.25, 0.3) is 0 Å². The van der Waals surface area contributed by atoms with Gasteiger partial charge in [0, 0.05) is 23.5 Å². The van der Waals surface area contributed by atoms with Crippen molar-refractivity contribution >= 4 is 23.0 Å². The van der Waals surface area contributed by atoms with Crippen LogP contribution in [0.3, 0.4) is 0 Å². The van der Waals surface area contributed by atoms with Gasteiger partial charge in [0.15, 0.2) is 0 Å². The van der Waals surface area contributed by atoms with Crippen molar-refractivity contribution in [3.05, 3.63) is 111 Å². The zero-order valence-corrected chi connectivity index (χ0v) is 18.0. The number of anilines is 2. The molecule has 186 valence electrons. The average molecular weight is 507 g/mol. The molecule has 3 aromatic carbocycles. The van der Waals surface area contributed by atoms with Gasteiger partial charge in [-0.2, -0.15) is 26.3 Å². The van der Waals surface area contributed by atoms with Crippen LogP contribution in [0.15, 0.2) is 84.6 Å². The first kappa shape index (κ1) is 24.8. The molecule has 3 aromatic rings. The van der Waals surface area contributed by atoms with Gasteiger partial charge in [0.2, 0.25) is 0 Å². The predicted octanol–water partition coefficient (Wildman–Crippen LogP) is 6.72. The van der Waals surface area contributed by atoms with Gasteiger partial charge in [-0.15, -0.1) is 0 Å². The number of carbonyl (C=O) groups is 1. The molecule has 6 nitrogen and oxygen atoms in total. The molecule has 1 N–H and O–H groups in total. The molecule has 0 saturated heterocycles. The summed E-state index contributed by atoms with van der Waals surface area (Å²) in [5.41, 5.74) is -2.20. The summed E-state index contributed by atoms with van der Waals surface area (Å²) in [4.78, 5) is 24.7. The van der Waals surface area contributed by atoms with Gasteiger partial charge in [-0.05, 0) is 60.2 Å². The van der Waals surface area contributed by atoms with Crippen molar-refractivity contribution < 1.29 is 36.1 Å². The molecule has 0 aromatic heterocycles. The van der Waals surface area contributed by atoms with E-state index in [1.165, 1.54) is 42.5 Å². The van der Waals surface area contributed by atoms with Crippen molar-refractivity contribution in [3.63, 3.8) is 0 Å². The third-order valence-corrected chi connectivity index (χ3v) is 5.42. The van der Waals surface area contributed by atoms with Crippen LogP contribution in [0.5, 0.6) is 0 Å². The molecule has 0 radical (unpaired) electrons. The van der Waals surface area contributed by atoms with Crippen molar-refractivity contribution in [1.29, 1.82) is 0 Å². The first-order valence-electron chi connectivity index (χ1n) is 10.3. The fourth-order valence-electron chi connectivity index (χ4n) is 3.73. The smallest absolute Gasteiger partial charge is 0.351 e. The molecule has 0 saturated carbocycles. The van der Waals surface area contributed by atoms with Crippen molar-refractivity contribution in [2.45, 2.75) is 18.4 Å². The van der Waals surface area contributed by atoms with E-state index in [1.807, 2.05) is 0 Å². The molecule has 0 aliphatic carbocycles. The lowest BCUT2D eigenvalue weighted by Gasteiger charge is -2.26. The maximum absolute atomic E-state index is 13.3. The molecular formula is C24H15F6N3O3. The van der Waals surface area contributed by atoms with E-state index in [-0.39, 0.29) is 22.8 Å². The lowest BCUT2D eigenvalue weighted by atomic mass is 10.0. The Hall–Kier alpha value is -4.35. The standard InChI is InChI=1S/C24H15F6N3O3/c25-23(26,27)15-3-1-5-17(11-15)31-20-13-21(14-7-9-18(10-8-14)33(35)36)32(22(20)34)19-6-2-4-16(12-19)24(28,29)30/h1-13,21,31H/t21-/m0/s1. The number of non-ortho nitro benzene ring substituents is 1. The average Bonchev–Trinajstić information content (AvgIpc) is 3.14. The van der Waals surface area contributed by atoms with Crippen LogP contribution in [0.4, 0.5) is 43.4 Å². The largest absolute Gasteiger partial charge is 0.416 e. The molecule has 1 aliphatic heterocycles. The van der Waals surface area contributed by atoms with E-state index in [1.54, 1.807) is 0 Å². The Kier molecular flexibility index (Phi) is 6.21.